The average molecular weight is 289 g/mol. The van der Waals surface area contributed by atoms with E-state index in [1.54, 1.807) is 6.92 Å². The van der Waals surface area contributed by atoms with Gasteiger partial charge >= 0.3 is 6.03 Å². The minimum Gasteiger partial charge on any atom is -0.356 e. The van der Waals surface area contributed by atoms with Gasteiger partial charge in [-0.3, -0.25) is 14.9 Å². The van der Waals surface area contributed by atoms with Gasteiger partial charge in [0.15, 0.2) is 0 Å². The van der Waals surface area contributed by atoms with E-state index in [0.717, 1.165) is 12.0 Å². The minimum atomic E-state index is -0.528. The summed E-state index contributed by atoms with van der Waals surface area (Å²) in [6, 6.07) is 9.00. The molecule has 6 nitrogen and oxygen atoms in total. The smallest absolute Gasteiger partial charge is 0.321 e. The topological polar surface area (TPSA) is 87.3 Å². The van der Waals surface area contributed by atoms with Crippen molar-refractivity contribution in [1.29, 1.82) is 0 Å². The van der Waals surface area contributed by atoms with Crippen molar-refractivity contribution in [2.75, 3.05) is 6.54 Å². The van der Waals surface area contributed by atoms with Gasteiger partial charge in [-0.05, 0) is 18.9 Å². The molecule has 0 aliphatic carbocycles. The first-order chi connectivity index (χ1) is 10.1. The van der Waals surface area contributed by atoms with Crippen LogP contribution in [0.5, 0.6) is 0 Å². The van der Waals surface area contributed by atoms with Crippen molar-refractivity contribution < 1.29 is 14.4 Å². The Morgan fingerprint density at radius 3 is 2.62 bits per heavy atom. The second-order valence-corrected chi connectivity index (χ2v) is 5.15. The van der Waals surface area contributed by atoms with Crippen LogP contribution in [-0.4, -0.2) is 30.4 Å². The van der Waals surface area contributed by atoms with Gasteiger partial charge in [0.05, 0.1) is 5.92 Å². The van der Waals surface area contributed by atoms with Gasteiger partial charge in [-0.1, -0.05) is 30.3 Å². The molecular weight excluding hydrogens is 270 g/mol. The summed E-state index contributed by atoms with van der Waals surface area (Å²) in [5.41, 5.74) is 1.15. The molecule has 1 heterocycles. The molecule has 0 bridgehead atoms. The lowest BCUT2D eigenvalue weighted by atomic mass is 9.94. The van der Waals surface area contributed by atoms with E-state index in [0.29, 0.717) is 6.54 Å². The molecule has 1 aromatic rings. The van der Waals surface area contributed by atoms with Gasteiger partial charge < -0.3 is 10.6 Å². The molecule has 6 heteroatoms. The standard InChI is InChI=1S/C15H19N3O3/c1-10-12(14(20)18-15(21)17-10)9-13(19)16-8-7-11-5-3-2-4-6-11/h2-6,10,12H,7-9H2,1H3,(H,16,19)(H2,17,18,20,21). The molecule has 1 aliphatic heterocycles. The molecule has 1 aromatic carbocycles. The molecule has 3 N–H and O–H groups in total. The Hall–Kier alpha value is -2.37. The summed E-state index contributed by atoms with van der Waals surface area (Å²) in [6.45, 7) is 2.25. The predicted octanol–water partition coefficient (Wildman–Crippen LogP) is 0.580. The minimum absolute atomic E-state index is 0.0715. The van der Waals surface area contributed by atoms with Gasteiger partial charge in [0.25, 0.3) is 0 Å². The zero-order chi connectivity index (χ0) is 15.2. The van der Waals surface area contributed by atoms with E-state index in [-0.39, 0.29) is 18.4 Å². The van der Waals surface area contributed by atoms with Crippen LogP contribution in [0.2, 0.25) is 0 Å². The number of benzene rings is 1. The maximum atomic E-state index is 11.9. The molecule has 112 valence electrons. The molecule has 21 heavy (non-hydrogen) atoms. The third-order valence-electron chi connectivity index (χ3n) is 3.52. The van der Waals surface area contributed by atoms with E-state index >= 15 is 0 Å². The number of hydrogen-bond acceptors (Lipinski definition) is 3. The van der Waals surface area contributed by atoms with Crippen molar-refractivity contribution >= 4 is 17.8 Å². The molecule has 0 spiro atoms. The van der Waals surface area contributed by atoms with Crippen molar-refractivity contribution in [2.24, 2.45) is 5.92 Å². The Morgan fingerprint density at radius 2 is 1.95 bits per heavy atom. The second-order valence-electron chi connectivity index (χ2n) is 5.15. The summed E-state index contributed by atoms with van der Waals surface area (Å²) in [7, 11) is 0. The quantitative estimate of drug-likeness (QED) is 0.741. The highest BCUT2D eigenvalue weighted by molar-refractivity contribution is 6.00. The van der Waals surface area contributed by atoms with Gasteiger partial charge in [0, 0.05) is 19.0 Å². The van der Waals surface area contributed by atoms with E-state index in [1.165, 1.54) is 0 Å². The summed E-state index contributed by atoms with van der Waals surface area (Å²) < 4.78 is 0. The highest BCUT2D eigenvalue weighted by Gasteiger charge is 2.33. The van der Waals surface area contributed by atoms with Crippen LogP contribution >= 0.6 is 0 Å². The number of carbonyl (C=O) groups is 3. The fourth-order valence-electron chi connectivity index (χ4n) is 2.31. The van der Waals surface area contributed by atoms with Crippen molar-refractivity contribution in [3.63, 3.8) is 0 Å². The molecular formula is C15H19N3O3. The number of imide groups is 1. The molecule has 1 fully saturated rings. The monoisotopic (exact) mass is 289 g/mol. The lowest BCUT2D eigenvalue weighted by Gasteiger charge is -2.28. The first-order valence-electron chi connectivity index (χ1n) is 6.98. The van der Waals surface area contributed by atoms with Crippen LogP contribution in [0.1, 0.15) is 18.9 Å². The van der Waals surface area contributed by atoms with Gasteiger partial charge in [0.1, 0.15) is 0 Å². The Morgan fingerprint density at radius 1 is 1.24 bits per heavy atom. The molecule has 2 unspecified atom stereocenters. The van der Waals surface area contributed by atoms with Crippen molar-refractivity contribution in [2.45, 2.75) is 25.8 Å². The molecule has 1 aliphatic rings. The van der Waals surface area contributed by atoms with Crippen LogP contribution < -0.4 is 16.0 Å². The highest BCUT2D eigenvalue weighted by Crippen LogP contribution is 2.12. The molecule has 2 atom stereocenters. The van der Waals surface area contributed by atoms with Crippen LogP contribution in [0.25, 0.3) is 0 Å². The zero-order valence-electron chi connectivity index (χ0n) is 11.9. The van der Waals surface area contributed by atoms with Gasteiger partial charge in [-0.25, -0.2) is 4.79 Å². The third-order valence-corrected chi connectivity index (χ3v) is 3.52. The maximum Gasteiger partial charge on any atom is 0.321 e. The maximum absolute atomic E-state index is 11.9. The van der Waals surface area contributed by atoms with Gasteiger partial charge in [-0.2, -0.15) is 0 Å². The van der Waals surface area contributed by atoms with Crippen molar-refractivity contribution in [3.8, 4) is 0 Å². The van der Waals surface area contributed by atoms with Gasteiger partial charge in [0.2, 0.25) is 11.8 Å². The fraction of sp³-hybridized carbons (Fsp3) is 0.400. The van der Waals surface area contributed by atoms with E-state index in [4.69, 9.17) is 0 Å². The average Bonchev–Trinajstić information content (AvgIpc) is 2.44. The number of hydrogen-bond donors (Lipinski definition) is 3. The highest BCUT2D eigenvalue weighted by atomic mass is 16.2. The molecule has 1 saturated heterocycles. The summed E-state index contributed by atoms with van der Waals surface area (Å²) in [6.07, 6.45) is 0.817. The normalized spacial score (nSPS) is 21.4. The van der Waals surface area contributed by atoms with E-state index in [1.807, 2.05) is 30.3 Å². The Labute approximate surface area is 123 Å². The summed E-state index contributed by atoms with van der Waals surface area (Å²) in [5.74, 6) is -1.11. The number of rotatable bonds is 5. The summed E-state index contributed by atoms with van der Waals surface area (Å²) in [5, 5.41) is 7.57. The van der Waals surface area contributed by atoms with Crippen molar-refractivity contribution in [1.82, 2.24) is 16.0 Å². The summed E-state index contributed by atoms with van der Waals surface area (Å²) >= 11 is 0. The SMILES string of the molecule is CC1NC(=O)NC(=O)C1CC(=O)NCCc1ccccc1. The van der Waals surface area contributed by atoms with Crippen LogP contribution in [0.3, 0.4) is 0 Å². The van der Waals surface area contributed by atoms with Crippen LogP contribution in [0.15, 0.2) is 30.3 Å². The van der Waals surface area contributed by atoms with Crippen LogP contribution in [0, 0.1) is 5.92 Å². The van der Waals surface area contributed by atoms with Gasteiger partial charge in [-0.15, -0.1) is 0 Å². The number of urea groups is 1. The lowest BCUT2D eigenvalue weighted by molar-refractivity contribution is -0.131. The summed E-state index contributed by atoms with van der Waals surface area (Å²) in [4.78, 5) is 34.7. The second kappa shape index (κ2) is 6.88. The first kappa shape index (κ1) is 15.0. The van der Waals surface area contributed by atoms with E-state index in [2.05, 4.69) is 16.0 Å². The zero-order valence-corrected chi connectivity index (χ0v) is 11.9. The number of nitrogens with one attached hydrogen (secondary N) is 3. The van der Waals surface area contributed by atoms with Crippen molar-refractivity contribution in [3.05, 3.63) is 35.9 Å². The number of carbonyl (C=O) groups excluding carboxylic acids is 3. The molecule has 4 amide bonds. The van der Waals surface area contributed by atoms with E-state index < -0.39 is 17.9 Å². The van der Waals surface area contributed by atoms with Crippen LogP contribution in [-0.2, 0) is 16.0 Å². The Bertz CT molecular complexity index is 530. The molecule has 0 aromatic heterocycles. The Balaban J connectivity index is 1.76. The van der Waals surface area contributed by atoms with Crippen LogP contribution in [0.4, 0.5) is 4.79 Å². The molecule has 2 rings (SSSR count). The first-order valence-corrected chi connectivity index (χ1v) is 6.98. The number of amides is 4. The largest absolute Gasteiger partial charge is 0.356 e. The third kappa shape index (κ3) is 4.30. The molecule has 0 saturated carbocycles. The van der Waals surface area contributed by atoms with E-state index in [9.17, 15) is 14.4 Å². The fourth-order valence-corrected chi connectivity index (χ4v) is 2.31. The molecule has 0 radical (unpaired) electrons. The Kier molecular flexibility index (Phi) is 4.92. The lowest BCUT2D eigenvalue weighted by Crippen LogP contribution is -2.57. The predicted molar refractivity (Wildman–Crippen MR) is 77.4 cm³/mol.